The molecule has 0 radical (unpaired) electrons. The van der Waals surface area contributed by atoms with Crippen molar-refractivity contribution >= 4 is 28.5 Å². The zero-order chi connectivity index (χ0) is 22.2. The Balaban J connectivity index is 1.97. The standard InChI is InChI=1S/C27H26N2O2/c1-4-27(2,3)20-14-19(13-17-9-11-18(16-28)12-10-17)25-22(15-20)24(26(30)31)21-7-5-6-8-23(21)29-25/h5-13,20H,4,14-15H2,1-3H3,(H,30,31). The summed E-state index contributed by atoms with van der Waals surface area (Å²) in [5.41, 5.74) is 5.46. The van der Waals surface area contributed by atoms with Crippen LogP contribution in [0.5, 0.6) is 0 Å². The highest BCUT2D eigenvalue weighted by Gasteiger charge is 2.36. The zero-order valence-corrected chi connectivity index (χ0v) is 18.1. The van der Waals surface area contributed by atoms with Crippen LogP contribution in [-0.4, -0.2) is 16.1 Å². The van der Waals surface area contributed by atoms with Gasteiger partial charge in [-0.05, 0) is 65.1 Å². The fourth-order valence-corrected chi connectivity index (χ4v) is 4.46. The Morgan fingerprint density at radius 2 is 1.90 bits per heavy atom. The Hall–Kier alpha value is -3.45. The molecule has 1 atom stereocenters. The van der Waals surface area contributed by atoms with E-state index in [1.807, 2.05) is 36.4 Å². The Bertz CT molecular complexity index is 1230. The van der Waals surface area contributed by atoms with E-state index in [1.165, 1.54) is 0 Å². The summed E-state index contributed by atoms with van der Waals surface area (Å²) >= 11 is 0. The highest BCUT2D eigenvalue weighted by atomic mass is 16.4. The monoisotopic (exact) mass is 410 g/mol. The molecule has 4 rings (SSSR count). The number of aromatic nitrogens is 1. The van der Waals surface area contributed by atoms with E-state index in [0.29, 0.717) is 34.4 Å². The van der Waals surface area contributed by atoms with Crippen molar-refractivity contribution in [1.29, 1.82) is 5.26 Å². The van der Waals surface area contributed by atoms with Crippen LogP contribution in [0.3, 0.4) is 0 Å². The van der Waals surface area contributed by atoms with Gasteiger partial charge in [0.1, 0.15) is 0 Å². The van der Waals surface area contributed by atoms with Crippen LogP contribution in [0.4, 0.5) is 0 Å². The largest absolute Gasteiger partial charge is 0.478 e. The van der Waals surface area contributed by atoms with Gasteiger partial charge in [-0.1, -0.05) is 57.5 Å². The normalized spacial score (nSPS) is 17.4. The number of aromatic carboxylic acids is 1. The molecule has 2 aromatic carbocycles. The molecule has 1 unspecified atom stereocenters. The lowest BCUT2D eigenvalue weighted by molar-refractivity contribution is 0.0696. The van der Waals surface area contributed by atoms with Gasteiger partial charge in [-0.15, -0.1) is 0 Å². The molecule has 156 valence electrons. The van der Waals surface area contributed by atoms with Crippen LogP contribution in [0.15, 0.2) is 48.5 Å². The third-order valence-corrected chi connectivity index (χ3v) is 6.83. The molecule has 4 heteroatoms. The number of nitrogens with zero attached hydrogens (tertiary/aromatic N) is 2. The molecule has 0 spiro atoms. The first kappa shape index (κ1) is 20.8. The van der Waals surface area contributed by atoms with Gasteiger partial charge >= 0.3 is 5.97 Å². The minimum atomic E-state index is -0.900. The smallest absolute Gasteiger partial charge is 0.336 e. The van der Waals surface area contributed by atoms with Crippen LogP contribution in [0.1, 0.15) is 66.4 Å². The number of carboxylic acids is 1. The molecule has 1 aliphatic rings. The summed E-state index contributed by atoms with van der Waals surface area (Å²) in [6.45, 7) is 6.71. The molecule has 31 heavy (non-hydrogen) atoms. The van der Waals surface area contributed by atoms with Crippen molar-refractivity contribution in [3.05, 3.63) is 76.5 Å². The van der Waals surface area contributed by atoms with Gasteiger partial charge in [0, 0.05) is 5.39 Å². The second kappa shape index (κ2) is 8.00. The summed E-state index contributed by atoms with van der Waals surface area (Å²) < 4.78 is 0. The van der Waals surface area contributed by atoms with E-state index in [2.05, 4.69) is 32.9 Å². The summed E-state index contributed by atoms with van der Waals surface area (Å²) in [6, 6.07) is 17.1. The van der Waals surface area contributed by atoms with E-state index in [4.69, 9.17) is 10.2 Å². The van der Waals surface area contributed by atoms with E-state index in [9.17, 15) is 9.90 Å². The highest BCUT2D eigenvalue weighted by Crippen LogP contribution is 2.46. The molecule has 1 aliphatic carbocycles. The van der Waals surface area contributed by atoms with Gasteiger partial charge in [0.2, 0.25) is 0 Å². The second-order valence-corrected chi connectivity index (χ2v) is 8.99. The average Bonchev–Trinajstić information content (AvgIpc) is 2.77. The first-order valence-corrected chi connectivity index (χ1v) is 10.7. The number of allylic oxidation sites excluding steroid dienone is 1. The van der Waals surface area contributed by atoms with Crippen LogP contribution in [0.25, 0.3) is 22.6 Å². The lowest BCUT2D eigenvalue weighted by Crippen LogP contribution is -2.30. The Morgan fingerprint density at radius 1 is 1.19 bits per heavy atom. The Labute approximate surface area is 182 Å². The van der Waals surface area contributed by atoms with Crippen LogP contribution < -0.4 is 0 Å². The van der Waals surface area contributed by atoms with Crippen LogP contribution >= 0.6 is 0 Å². The molecule has 1 aromatic heterocycles. The summed E-state index contributed by atoms with van der Waals surface area (Å²) in [7, 11) is 0. The molecule has 0 saturated heterocycles. The molecule has 3 aromatic rings. The zero-order valence-electron chi connectivity index (χ0n) is 18.1. The summed E-state index contributed by atoms with van der Waals surface area (Å²) in [5, 5.41) is 19.9. The number of pyridine rings is 1. The van der Waals surface area contributed by atoms with E-state index in [-0.39, 0.29) is 5.41 Å². The first-order chi connectivity index (χ1) is 14.8. The molecule has 0 fully saturated rings. The molecule has 0 amide bonds. The molecular weight excluding hydrogens is 384 g/mol. The van der Waals surface area contributed by atoms with Crippen molar-refractivity contribution in [3.63, 3.8) is 0 Å². The van der Waals surface area contributed by atoms with E-state index in [0.717, 1.165) is 35.2 Å². The lowest BCUT2D eigenvalue weighted by atomic mass is 9.67. The first-order valence-electron chi connectivity index (χ1n) is 10.7. The van der Waals surface area contributed by atoms with Crippen molar-refractivity contribution in [1.82, 2.24) is 4.98 Å². The van der Waals surface area contributed by atoms with E-state index >= 15 is 0 Å². The fraction of sp³-hybridized carbons (Fsp3) is 0.296. The maximum Gasteiger partial charge on any atom is 0.336 e. The number of benzene rings is 2. The van der Waals surface area contributed by atoms with Gasteiger partial charge in [-0.25, -0.2) is 9.78 Å². The van der Waals surface area contributed by atoms with Crippen molar-refractivity contribution in [2.24, 2.45) is 11.3 Å². The number of para-hydroxylation sites is 1. The average molecular weight is 411 g/mol. The fourth-order valence-electron chi connectivity index (χ4n) is 4.46. The van der Waals surface area contributed by atoms with Crippen LogP contribution in [0.2, 0.25) is 0 Å². The van der Waals surface area contributed by atoms with Crippen LogP contribution in [-0.2, 0) is 6.42 Å². The number of hydrogen-bond acceptors (Lipinski definition) is 3. The third-order valence-electron chi connectivity index (χ3n) is 6.83. The topological polar surface area (TPSA) is 74.0 Å². The lowest BCUT2D eigenvalue weighted by Gasteiger charge is -2.38. The number of nitriles is 1. The molecule has 1 heterocycles. The molecule has 0 aliphatic heterocycles. The number of hydrogen-bond donors (Lipinski definition) is 1. The van der Waals surface area contributed by atoms with Gasteiger partial charge in [0.25, 0.3) is 0 Å². The number of rotatable bonds is 4. The molecule has 0 bridgehead atoms. The minimum Gasteiger partial charge on any atom is -0.478 e. The molecule has 1 N–H and O–H groups in total. The quantitative estimate of drug-likeness (QED) is 0.544. The van der Waals surface area contributed by atoms with Gasteiger partial charge in [0.05, 0.1) is 28.4 Å². The maximum atomic E-state index is 12.4. The second-order valence-electron chi connectivity index (χ2n) is 8.99. The van der Waals surface area contributed by atoms with E-state index < -0.39 is 5.97 Å². The summed E-state index contributed by atoms with van der Waals surface area (Å²) in [6.07, 6.45) is 4.67. The maximum absolute atomic E-state index is 12.4. The van der Waals surface area contributed by atoms with Gasteiger partial charge in [-0.3, -0.25) is 0 Å². The van der Waals surface area contributed by atoms with Crippen molar-refractivity contribution < 1.29 is 9.90 Å². The molecular formula is C27H26N2O2. The van der Waals surface area contributed by atoms with Crippen LogP contribution in [0, 0.1) is 22.7 Å². The summed E-state index contributed by atoms with van der Waals surface area (Å²) in [5.74, 6) is -0.585. The Morgan fingerprint density at radius 3 is 2.55 bits per heavy atom. The number of fused-ring (bicyclic) bond motifs is 2. The van der Waals surface area contributed by atoms with Gasteiger partial charge in [-0.2, -0.15) is 5.26 Å². The van der Waals surface area contributed by atoms with Crippen molar-refractivity contribution in [2.45, 2.75) is 40.0 Å². The molecule has 4 nitrogen and oxygen atoms in total. The number of carbonyl (C=O) groups is 1. The van der Waals surface area contributed by atoms with E-state index in [1.54, 1.807) is 12.1 Å². The van der Waals surface area contributed by atoms with Crippen molar-refractivity contribution in [3.8, 4) is 6.07 Å². The predicted octanol–water partition coefficient (Wildman–Crippen LogP) is 6.34. The number of carboxylic acid groups (broad SMARTS) is 1. The van der Waals surface area contributed by atoms with Gasteiger partial charge in [0.15, 0.2) is 0 Å². The van der Waals surface area contributed by atoms with Crippen molar-refractivity contribution in [2.75, 3.05) is 0 Å². The summed E-state index contributed by atoms with van der Waals surface area (Å²) in [4.78, 5) is 17.3. The molecule has 0 saturated carbocycles. The predicted molar refractivity (Wildman–Crippen MR) is 124 cm³/mol. The third kappa shape index (κ3) is 3.84. The SMILES string of the molecule is CCC(C)(C)C1CC(=Cc2ccc(C#N)cc2)c2nc3ccccc3c(C(=O)O)c2C1. The highest BCUT2D eigenvalue weighted by molar-refractivity contribution is 6.06. The Kier molecular flexibility index (Phi) is 5.37. The minimum absolute atomic E-state index is 0.0723. The van der Waals surface area contributed by atoms with Gasteiger partial charge < -0.3 is 5.11 Å².